The van der Waals surface area contributed by atoms with Crippen molar-refractivity contribution in [2.24, 2.45) is 11.7 Å². The Balaban J connectivity index is 2.67. The molecule has 1 amide bonds. The molecule has 100 valence electrons. The zero-order valence-corrected chi connectivity index (χ0v) is 11.7. The number of nitrogens with one attached hydrogen (secondary N) is 1. The third-order valence-electron chi connectivity index (χ3n) is 3.81. The number of hydrogen-bond donors (Lipinski definition) is 2. The van der Waals surface area contributed by atoms with E-state index in [1.165, 1.54) is 5.56 Å². The van der Waals surface area contributed by atoms with Gasteiger partial charge in [0.2, 0.25) is 5.91 Å². The fourth-order valence-electron chi connectivity index (χ4n) is 1.84. The molecule has 2 atom stereocenters. The minimum absolute atomic E-state index is 0.165. The first-order chi connectivity index (χ1) is 8.38. The smallest absolute Gasteiger partial charge is 0.237 e. The van der Waals surface area contributed by atoms with Gasteiger partial charge in [-0.05, 0) is 24.3 Å². The van der Waals surface area contributed by atoms with Crippen LogP contribution < -0.4 is 11.1 Å². The summed E-state index contributed by atoms with van der Waals surface area (Å²) in [5, 5.41) is 3.32. The van der Waals surface area contributed by atoms with Gasteiger partial charge in [-0.15, -0.1) is 0 Å². The number of carbonyl (C=O) groups is 1. The number of hydrogen-bond acceptors (Lipinski definition) is 2. The predicted molar refractivity (Wildman–Crippen MR) is 75.3 cm³/mol. The van der Waals surface area contributed by atoms with Crippen molar-refractivity contribution < 1.29 is 4.79 Å². The number of benzene rings is 1. The standard InChI is InChI=1S/C15H24N2O/c1-11(2)15(4,14(16)18)17-10-12(3)13-8-6-5-7-9-13/h5-9,11-12,17H,10H2,1-4H3,(H2,16,18). The number of carbonyl (C=O) groups excluding carboxylic acids is 1. The molecule has 1 aromatic carbocycles. The highest BCUT2D eigenvalue weighted by molar-refractivity contribution is 5.84. The van der Waals surface area contributed by atoms with Gasteiger partial charge in [0.1, 0.15) is 0 Å². The Morgan fingerprint density at radius 2 is 1.83 bits per heavy atom. The highest BCUT2D eigenvalue weighted by Crippen LogP contribution is 2.19. The van der Waals surface area contributed by atoms with E-state index in [1.807, 2.05) is 39.0 Å². The molecule has 3 heteroatoms. The fraction of sp³-hybridized carbons (Fsp3) is 0.533. The summed E-state index contributed by atoms with van der Waals surface area (Å²) < 4.78 is 0. The molecule has 3 N–H and O–H groups in total. The Morgan fingerprint density at radius 3 is 2.28 bits per heavy atom. The minimum atomic E-state index is -0.650. The molecule has 0 aliphatic carbocycles. The molecule has 0 heterocycles. The van der Waals surface area contributed by atoms with E-state index in [4.69, 9.17) is 5.73 Å². The van der Waals surface area contributed by atoms with Gasteiger partial charge in [0, 0.05) is 6.54 Å². The summed E-state index contributed by atoms with van der Waals surface area (Å²) in [7, 11) is 0. The van der Waals surface area contributed by atoms with E-state index in [2.05, 4.69) is 24.4 Å². The third kappa shape index (κ3) is 3.33. The van der Waals surface area contributed by atoms with Crippen molar-refractivity contribution in [2.45, 2.75) is 39.2 Å². The van der Waals surface area contributed by atoms with Gasteiger partial charge in [0.05, 0.1) is 5.54 Å². The molecule has 1 aromatic rings. The molecule has 3 nitrogen and oxygen atoms in total. The summed E-state index contributed by atoms with van der Waals surface area (Å²) in [4.78, 5) is 11.6. The van der Waals surface area contributed by atoms with Crippen molar-refractivity contribution >= 4 is 5.91 Å². The third-order valence-corrected chi connectivity index (χ3v) is 3.81. The van der Waals surface area contributed by atoms with E-state index in [9.17, 15) is 4.79 Å². The molecule has 0 radical (unpaired) electrons. The van der Waals surface area contributed by atoms with Gasteiger partial charge in [0.25, 0.3) is 0 Å². The highest BCUT2D eigenvalue weighted by Gasteiger charge is 2.34. The average Bonchev–Trinajstić information content (AvgIpc) is 2.36. The second-order valence-electron chi connectivity index (χ2n) is 5.41. The van der Waals surface area contributed by atoms with Gasteiger partial charge in [-0.25, -0.2) is 0 Å². The van der Waals surface area contributed by atoms with E-state index >= 15 is 0 Å². The molecule has 1 rings (SSSR count). The minimum Gasteiger partial charge on any atom is -0.368 e. The quantitative estimate of drug-likeness (QED) is 0.811. The Hall–Kier alpha value is -1.35. The molecule has 0 saturated heterocycles. The van der Waals surface area contributed by atoms with Gasteiger partial charge in [-0.2, -0.15) is 0 Å². The van der Waals surface area contributed by atoms with Crippen LogP contribution in [0.25, 0.3) is 0 Å². The van der Waals surface area contributed by atoms with Crippen molar-refractivity contribution in [3.63, 3.8) is 0 Å². The summed E-state index contributed by atoms with van der Waals surface area (Å²) in [5.41, 5.74) is 6.11. The monoisotopic (exact) mass is 248 g/mol. The zero-order chi connectivity index (χ0) is 13.8. The summed E-state index contributed by atoms with van der Waals surface area (Å²) in [6.45, 7) is 8.76. The van der Waals surface area contributed by atoms with Crippen molar-refractivity contribution in [2.75, 3.05) is 6.54 Å². The Bertz CT molecular complexity index is 389. The van der Waals surface area contributed by atoms with Crippen LogP contribution in [0.15, 0.2) is 30.3 Å². The van der Waals surface area contributed by atoms with Crippen LogP contribution in [0.5, 0.6) is 0 Å². The molecule has 0 aliphatic heterocycles. The topological polar surface area (TPSA) is 55.1 Å². The van der Waals surface area contributed by atoms with Gasteiger partial charge in [-0.1, -0.05) is 51.1 Å². The Labute approximate surface area is 110 Å². The molecule has 0 spiro atoms. The normalized spacial score (nSPS) is 16.3. The molecule has 0 aromatic heterocycles. The lowest BCUT2D eigenvalue weighted by atomic mass is 9.87. The van der Waals surface area contributed by atoms with E-state index in [0.717, 1.165) is 6.54 Å². The first kappa shape index (κ1) is 14.7. The number of primary amides is 1. The van der Waals surface area contributed by atoms with E-state index in [1.54, 1.807) is 0 Å². The van der Waals surface area contributed by atoms with Crippen LogP contribution in [0.3, 0.4) is 0 Å². The first-order valence-corrected chi connectivity index (χ1v) is 6.47. The molecular formula is C15H24N2O. The lowest BCUT2D eigenvalue weighted by Crippen LogP contribution is -2.57. The van der Waals surface area contributed by atoms with E-state index in [0.29, 0.717) is 5.92 Å². The van der Waals surface area contributed by atoms with Crippen molar-refractivity contribution in [3.05, 3.63) is 35.9 Å². The lowest BCUT2D eigenvalue weighted by Gasteiger charge is -2.32. The van der Waals surface area contributed by atoms with Crippen LogP contribution >= 0.6 is 0 Å². The lowest BCUT2D eigenvalue weighted by molar-refractivity contribution is -0.125. The Kier molecular flexibility index (Phi) is 4.91. The summed E-state index contributed by atoms with van der Waals surface area (Å²) in [6, 6.07) is 10.3. The molecule has 0 bridgehead atoms. The first-order valence-electron chi connectivity index (χ1n) is 6.47. The zero-order valence-electron chi connectivity index (χ0n) is 11.7. The van der Waals surface area contributed by atoms with Gasteiger partial charge < -0.3 is 11.1 Å². The van der Waals surface area contributed by atoms with Crippen molar-refractivity contribution in [1.82, 2.24) is 5.32 Å². The van der Waals surface area contributed by atoms with Gasteiger partial charge in [0.15, 0.2) is 0 Å². The van der Waals surface area contributed by atoms with Crippen molar-refractivity contribution in [3.8, 4) is 0 Å². The van der Waals surface area contributed by atoms with Crippen LogP contribution in [-0.2, 0) is 4.79 Å². The van der Waals surface area contributed by atoms with Crippen LogP contribution in [0.2, 0.25) is 0 Å². The number of amides is 1. The molecule has 0 fully saturated rings. The average molecular weight is 248 g/mol. The van der Waals surface area contributed by atoms with E-state index < -0.39 is 5.54 Å². The predicted octanol–water partition coefficient (Wildman–Crippen LogP) is 2.28. The summed E-state index contributed by atoms with van der Waals surface area (Å²) in [5.74, 6) is 0.222. The maximum atomic E-state index is 11.6. The van der Waals surface area contributed by atoms with Crippen LogP contribution in [0, 0.1) is 5.92 Å². The fourth-order valence-corrected chi connectivity index (χ4v) is 1.84. The summed E-state index contributed by atoms with van der Waals surface area (Å²) in [6.07, 6.45) is 0. The molecule has 0 saturated carbocycles. The maximum Gasteiger partial charge on any atom is 0.237 e. The SMILES string of the molecule is CC(CNC(C)(C(N)=O)C(C)C)c1ccccc1. The molecular weight excluding hydrogens is 224 g/mol. The molecule has 18 heavy (non-hydrogen) atoms. The Morgan fingerprint density at radius 1 is 1.28 bits per heavy atom. The second-order valence-corrected chi connectivity index (χ2v) is 5.41. The number of nitrogens with two attached hydrogens (primary N) is 1. The van der Waals surface area contributed by atoms with Crippen LogP contribution in [-0.4, -0.2) is 18.0 Å². The van der Waals surface area contributed by atoms with Crippen LogP contribution in [0.4, 0.5) is 0 Å². The maximum absolute atomic E-state index is 11.6. The van der Waals surface area contributed by atoms with Gasteiger partial charge in [-0.3, -0.25) is 4.79 Å². The highest BCUT2D eigenvalue weighted by atomic mass is 16.1. The molecule has 0 aliphatic rings. The largest absolute Gasteiger partial charge is 0.368 e. The van der Waals surface area contributed by atoms with E-state index in [-0.39, 0.29) is 11.8 Å². The number of rotatable bonds is 6. The second kappa shape index (κ2) is 6.01. The molecule has 2 unspecified atom stereocenters. The van der Waals surface area contributed by atoms with Crippen LogP contribution in [0.1, 0.15) is 39.2 Å². The summed E-state index contributed by atoms with van der Waals surface area (Å²) >= 11 is 0. The van der Waals surface area contributed by atoms with Gasteiger partial charge >= 0.3 is 0 Å². The van der Waals surface area contributed by atoms with Crippen molar-refractivity contribution in [1.29, 1.82) is 0 Å².